The first-order valence-electron chi connectivity index (χ1n) is 5.96. The Labute approximate surface area is 108 Å². The summed E-state index contributed by atoms with van der Waals surface area (Å²) in [5.41, 5.74) is 5.38. The number of carbonyl (C=O) groups excluding carboxylic acids is 1. The molecule has 0 aromatic heterocycles. The Balaban J connectivity index is 2.77. The number of hydrogen-bond donors (Lipinski definition) is 1. The number of morpholine rings is 1. The van der Waals surface area contributed by atoms with Crippen LogP contribution in [0.5, 0.6) is 0 Å². The summed E-state index contributed by atoms with van der Waals surface area (Å²) < 4.78 is 5.59. The van der Waals surface area contributed by atoms with Crippen molar-refractivity contribution in [3.8, 4) is 0 Å². The fourth-order valence-corrected chi connectivity index (χ4v) is 2.51. The van der Waals surface area contributed by atoms with E-state index in [9.17, 15) is 4.79 Å². The van der Waals surface area contributed by atoms with E-state index in [-0.39, 0.29) is 28.3 Å². The molecule has 1 amide bonds. The average molecular weight is 258 g/mol. The van der Waals surface area contributed by atoms with Gasteiger partial charge in [0.25, 0.3) is 0 Å². The van der Waals surface area contributed by atoms with Crippen LogP contribution in [-0.2, 0) is 9.53 Å². The highest BCUT2D eigenvalue weighted by molar-refractivity contribution is 7.80. The topological polar surface area (TPSA) is 55.6 Å². The average Bonchev–Trinajstić information content (AvgIpc) is 2.14. The summed E-state index contributed by atoms with van der Waals surface area (Å²) in [5.74, 6) is -0.200. The predicted octanol–water partition coefficient (Wildman–Crippen LogP) is 1.18. The third kappa shape index (κ3) is 3.64. The van der Waals surface area contributed by atoms with Gasteiger partial charge in [-0.2, -0.15) is 0 Å². The zero-order valence-corrected chi connectivity index (χ0v) is 11.8. The summed E-state index contributed by atoms with van der Waals surface area (Å²) in [6, 6.07) is 0. The standard InChI is InChI=1S/C12H22N2O2S/c1-8(2)9(10(13)17)11(15)14-5-6-16-12(3,4)7-14/h8-9H,5-7H2,1-4H3,(H2,13,17). The number of amides is 1. The summed E-state index contributed by atoms with van der Waals surface area (Å²) in [5, 5.41) is 0. The Hall–Kier alpha value is -0.680. The van der Waals surface area contributed by atoms with Crippen molar-refractivity contribution in [1.29, 1.82) is 0 Å². The maximum absolute atomic E-state index is 12.4. The van der Waals surface area contributed by atoms with E-state index < -0.39 is 0 Å². The van der Waals surface area contributed by atoms with Gasteiger partial charge in [-0.25, -0.2) is 0 Å². The molecule has 1 aliphatic heterocycles. The zero-order chi connectivity index (χ0) is 13.2. The molecule has 1 aliphatic rings. The highest BCUT2D eigenvalue weighted by Gasteiger charge is 2.35. The van der Waals surface area contributed by atoms with Crippen molar-refractivity contribution in [2.75, 3.05) is 19.7 Å². The van der Waals surface area contributed by atoms with Gasteiger partial charge in [-0.15, -0.1) is 0 Å². The lowest BCUT2D eigenvalue weighted by atomic mass is 9.93. The summed E-state index contributed by atoms with van der Waals surface area (Å²) in [6.45, 7) is 9.68. The molecule has 0 aromatic carbocycles. The number of carbonyl (C=O) groups is 1. The van der Waals surface area contributed by atoms with Crippen molar-refractivity contribution in [2.45, 2.75) is 33.3 Å². The number of rotatable bonds is 3. The van der Waals surface area contributed by atoms with Crippen LogP contribution in [0.3, 0.4) is 0 Å². The molecule has 0 saturated carbocycles. The van der Waals surface area contributed by atoms with E-state index in [4.69, 9.17) is 22.7 Å². The lowest BCUT2D eigenvalue weighted by Crippen LogP contribution is -2.54. The molecule has 1 heterocycles. The number of nitrogens with two attached hydrogens (primary N) is 1. The van der Waals surface area contributed by atoms with Crippen LogP contribution in [-0.4, -0.2) is 41.1 Å². The highest BCUT2D eigenvalue weighted by Crippen LogP contribution is 2.21. The first-order chi connectivity index (χ1) is 7.74. The summed E-state index contributed by atoms with van der Waals surface area (Å²) >= 11 is 4.99. The van der Waals surface area contributed by atoms with E-state index in [1.54, 1.807) is 0 Å². The Kier molecular flexibility index (Phi) is 4.49. The monoisotopic (exact) mass is 258 g/mol. The second-order valence-corrected chi connectivity index (χ2v) is 5.96. The van der Waals surface area contributed by atoms with Crippen LogP contribution in [0.4, 0.5) is 0 Å². The molecule has 0 aromatic rings. The second-order valence-electron chi connectivity index (χ2n) is 5.49. The Morgan fingerprint density at radius 3 is 2.47 bits per heavy atom. The lowest BCUT2D eigenvalue weighted by molar-refractivity contribution is -0.149. The fraction of sp³-hybridized carbons (Fsp3) is 0.833. The Morgan fingerprint density at radius 1 is 1.47 bits per heavy atom. The number of ether oxygens (including phenoxy) is 1. The molecule has 1 saturated heterocycles. The largest absolute Gasteiger partial charge is 0.393 e. The summed E-state index contributed by atoms with van der Waals surface area (Å²) in [4.78, 5) is 14.5. The number of nitrogens with zero attached hydrogens (tertiary/aromatic N) is 1. The van der Waals surface area contributed by atoms with Crippen molar-refractivity contribution in [2.24, 2.45) is 17.6 Å². The van der Waals surface area contributed by atoms with Crippen LogP contribution in [0.25, 0.3) is 0 Å². The van der Waals surface area contributed by atoms with Crippen LogP contribution in [0.2, 0.25) is 0 Å². The van der Waals surface area contributed by atoms with Gasteiger partial charge in [-0.05, 0) is 19.8 Å². The van der Waals surface area contributed by atoms with E-state index in [1.807, 2.05) is 32.6 Å². The molecule has 0 radical (unpaired) electrons. The van der Waals surface area contributed by atoms with E-state index in [2.05, 4.69) is 0 Å². The third-order valence-corrected chi connectivity index (χ3v) is 3.23. The minimum absolute atomic E-state index is 0.0314. The van der Waals surface area contributed by atoms with E-state index in [1.165, 1.54) is 0 Å². The predicted molar refractivity (Wildman–Crippen MR) is 71.7 cm³/mol. The van der Waals surface area contributed by atoms with Gasteiger partial charge in [0.2, 0.25) is 5.91 Å². The maximum Gasteiger partial charge on any atom is 0.232 e. The van der Waals surface area contributed by atoms with Gasteiger partial charge in [0.1, 0.15) is 0 Å². The van der Waals surface area contributed by atoms with Crippen LogP contribution < -0.4 is 5.73 Å². The molecule has 0 spiro atoms. The molecule has 1 fully saturated rings. The molecular weight excluding hydrogens is 236 g/mol. The first kappa shape index (κ1) is 14.4. The van der Waals surface area contributed by atoms with E-state index >= 15 is 0 Å². The van der Waals surface area contributed by atoms with Crippen molar-refractivity contribution in [1.82, 2.24) is 4.90 Å². The minimum Gasteiger partial charge on any atom is -0.393 e. The van der Waals surface area contributed by atoms with E-state index in [0.717, 1.165) is 0 Å². The highest BCUT2D eigenvalue weighted by atomic mass is 32.1. The second kappa shape index (κ2) is 5.31. The molecule has 17 heavy (non-hydrogen) atoms. The quantitative estimate of drug-likeness (QED) is 0.772. The van der Waals surface area contributed by atoms with Crippen molar-refractivity contribution < 1.29 is 9.53 Å². The van der Waals surface area contributed by atoms with Crippen LogP contribution in [0.15, 0.2) is 0 Å². The zero-order valence-electron chi connectivity index (χ0n) is 11.0. The molecule has 0 aliphatic carbocycles. The van der Waals surface area contributed by atoms with Crippen LogP contribution >= 0.6 is 12.2 Å². The molecule has 4 nitrogen and oxygen atoms in total. The Morgan fingerprint density at radius 2 is 2.06 bits per heavy atom. The van der Waals surface area contributed by atoms with E-state index in [0.29, 0.717) is 19.7 Å². The molecule has 2 N–H and O–H groups in total. The van der Waals surface area contributed by atoms with Gasteiger partial charge in [0.05, 0.1) is 23.1 Å². The molecule has 1 unspecified atom stereocenters. The van der Waals surface area contributed by atoms with Crippen molar-refractivity contribution >= 4 is 23.1 Å². The number of hydrogen-bond acceptors (Lipinski definition) is 3. The van der Waals surface area contributed by atoms with Gasteiger partial charge in [0.15, 0.2) is 0 Å². The molecule has 1 atom stereocenters. The van der Waals surface area contributed by atoms with Gasteiger partial charge in [-0.1, -0.05) is 26.1 Å². The normalized spacial score (nSPS) is 21.4. The smallest absolute Gasteiger partial charge is 0.232 e. The van der Waals surface area contributed by atoms with Crippen LogP contribution in [0.1, 0.15) is 27.7 Å². The minimum atomic E-state index is -0.362. The van der Waals surface area contributed by atoms with Gasteiger partial charge < -0.3 is 15.4 Å². The van der Waals surface area contributed by atoms with Gasteiger partial charge in [0, 0.05) is 13.1 Å². The van der Waals surface area contributed by atoms with Crippen LogP contribution in [0, 0.1) is 11.8 Å². The van der Waals surface area contributed by atoms with Gasteiger partial charge >= 0.3 is 0 Å². The lowest BCUT2D eigenvalue weighted by Gasteiger charge is -2.40. The Bertz CT molecular complexity index is 316. The SMILES string of the molecule is CC(C)C(C(=O)N1CCOC(C)(C)C1)C(N)=S. The van der Waals surface area contributed by atoms with Gasteiger partial charge in [-0.3, -0.25) is 4.79 Å². The molecule has 0 bridgehead atoms. The van der Waals surface area contributed by atoms with Crippen molar-refractivity contribution in [3.05, 3.63) is 0 Å². The molecular formula is C12H22N2O2S. The first-order valence-corrected chi connectivity index (χ1v) is 6.37. The molecule has 98 valence electrons. The summed E-state index contributed by atoms with van der Waals surface area (Å²) in [6.07, 6.45) is 0. The molecule has 5 heteroatoms. The number of thiocarbonyl (C=S) groups is 1. The molecule has 1 rings (SSSR count). The van der Waals surface area contributed by atoms with Crippen molar-refractivity contribution in [3.63, 3.8) is 0 Å². The summed E-state index contributed by atoms with van der Waals surface area (Å²) in [7, 11) is 0. The third-order valence-electron chi connectivity index (χ3n) is 2.98. The maximum atomic E-state index is 12.4. The fourth-order valence-electron chi connectivity index (χ4n) is 2.14.